The van der Waals surface area contributed by atoms with E-state index >= 15 is 0 Å². The fourth-order valence-electron chi connectivity index (χ4n) is 2.07. The van der Waals surface area contributed by atoms with Crippen molar-refractivity contribution in [1.29, 1.82) is 0 Å². The molecule has 21 heavy (non-hydrogen) atoms. The number of aliphatic hydroxyl groups excluding tert-OH is 2. The van der Waals surface area contributed by atoms with Crippen molar-refractivity contribution in [3.8, 4) is 0 Å². The van der Waals surface area contributed by atoms with Gasteiger partial charge in [0.1, 0.15) is 0 Å². The molecule has 9 nitrogen and oxygen atoms in total. The summed E-state index contributed by atoms with van der Waals surface area (Å²) in [7, 11) is 1.74. The molecule has 1 aromatic rings. The third-order valence-electron chi connectivity index (χ3n) is 3.15. The van der Waals surface area contributed by atoms with E-state index in [1.54, 1.807) is 11.9 Å². The molecule has 0 radical (unpaired) electrons. The molecular formula is C12H22N6O3. The van der Waals surface area contributed by atoms with E-state index in [0.29, 0.717) is 44.1 Å². The number of rotatable bonds is 7. The number of aromatic nitrogens is 3. The van der Waals surface area contributed by atoms with Crippen molar-refractivity contribution in [2.75, 3.05) is 74.8 Å². The first-order chi connectivity index (χ1) is 10.3. The Balaban J connectivity index is 2.26. The molecule has 1 aromatic heterocycles. The number of ether oxygens (including phenoxy) is 1. The summed E-state index contributed by atoms with van der Waals surface area (Å²) < 4.78 is 5.33. The average molecular weight is 298 g/mol. The van der Waals surface area contributed by atoms with Gasteiger partial charge in [0.25, 0.3) is 0 Å². The molecule has 1 aliphatic heterocycles. The number of hydrogen-bond donors (Lipinski definition) is 3. The van der Waals surface area contributed by atoms with Crippen LogP contribution in [0.2, 0.25) is 0 Å². The van der Waals surface area contributed by atoms with Gasteiger partial charge in [-0.3, -0.25) is 0 Å². The number of anilines is 3. The van der Waals surface area contributed by atoms with E-state index in [2.05, 4.69) is 20.3 Å². The predicted molar refractivity (Wildman–Crippen MR) is 78.8 cm³/mol. The van der Waals surface area contributed by atoms with E-state index in [0.717, 1.165) is 13.1 Å². The highest BCUT2D eigenvalue weighted by atomic mass is 16.5. The van der Waals surface area contributed by atoms with Gasteiger partial charge in [-0.05, 0) is 0 Å². The largest absolute Gasteiger partial charge is 0.395 e. The maximum absolute atomic E-state index is 9.13. The van der Waals surface area contributed by atoms with Gasteiger partial charge in [0, 0.05) is 33.2 Å². The molecule has 0 unspecified atom stereocenters. The molecule has 1 fully saturated rings. The average Bonchev–Trinajstić information content (AvgIpc) is 2.55. The van der Waals surface area contributed by atoms with Crippen LogP contribution in [-0.2, 0) is 4.74 Å². The Hall–Kier alpha value is -1.71. The lowest BCUT2D eigenvalue weighted by atomic mass is 10.4. The van der Waals surface area contributed by atoms with E-state index in [-0.39, 0.29) is 13.2 Å². The van der Waals surface area contributed by atoms with Gasteiger partial charge in [-0.25, -0.2) is 0 Å². The van der Waals surface area contributed by atoms with Crippen LogP contribution in [0.5, 0.6) is 0 Å². The highest BCUT2D eigenvalue weighted by Gasteiger charge is 2.18. The smallest absolute Gasteiger partial charge is 0.232 e. The zero-order valence-corrected chi connectivity index (χ0v) is 12.2. The van der Waals surface area contributed by atoms with Crippen LogP contribution in [-0.4, -0.2) is 84.8 Å². The molecular weight excluding hydrogens is 276 g/mol. The van der Waals surface area contributed by atoms with Gasteiger partial charge in [-0.1, -0.05) is 0 Å². The van der Waals surface area contributed by atoms with Crippen molar-refractivity contribution < 1.29 is 14.9 Å². The third-order valence-corrected chi connectivity index (χ3v) is 3.15. The lowest BCUT2D eigenvalue weighted by Gasteiger charge is -2.28. The second-order valence-electron chi connectivity index (χ2n) is 4.54. The Labute approximate surface area is 123 Å². The molecule has 118 valence electrons. The topological polar surface area (TPSA) is 107 Å². The van der Waals surface area contributed by atoms with Crippen molar-refractivity contribution in [2.24, 2.45) is 0 Å². The molecule has 3 N–H and O–H groups in total. The summed E-state index contributed by atoms with van der Waals surface area (Å²) in [5.74, 6) is 1.48. The molecule has 0 aliphatic carbocycles. The Bertz CT molecular complexity index is 435. The maximum Gasteiger partial charge on any atom is 0.232 e. The van der Waals surface area contributed by atoms with Crippen LogP contribution < -0.4 is 15.1 Å². The van der Waals surface area contributed by atoms with Crippen molar-refractivity contribution in [3.05, 3.63) is 0 Å². The maximum atomic E-state index is 9.13. The second-order valence-corrected chi connectivity index (χ2v) is 4.54. The van der Waals surface area contributed by atoms with Gasteiger partial charge in [0.05, 0.1) is 26.4 Å². The Morgan fingerprint density at radius 1 is 1.14 bits per heavy atom. The summed E-state index contributed by atoms with van der Waals surface area (Å²) >= 11 is 0. The zero-order chi connectivity index (χ0) is 15.1. The highest BCUT2D eigenvalue weighted by molar-refractivity contribution is 5.45. The summed E-state index contributed by atoms with van der Waals surface area (Å²) in [4.78, 5) is 16.9. The molecule has 0 amide bonds. The lowest BCUT2D eigenvalue weighted by Crippen LogP contribution is -2.38. The SMILES string of the molecule is CNc1nc(N(CCO)CCO)nc(N2CCOCC2)n1. The van der Waals surface area contributed by atoms with E-state index < -0.39 is 0 Å². The van der Waals surface area contributed by atoms with Gasteiger partial charge in [-0.2, -0.15) is 15.0 Å². The molecule has 0 aromatic carbocycles. The molecule has 2 rings (SSSR count). The third kappa shape index (κ3) is 4.13. The van der Waals surface area contributed by atoms with Crippen LogP contribution in [0.4, 0.5) is 17.8 Å². The number of aliphatic hydroxyl groups is 2. The van der Waals surface area contributed by atoms with Crippen molar-refractivity contribution >= 4 is 17.8 Å². The molecule has 1 saturated heterocycles. The Morgan fingerprint density at radius 3 is 2.38 bits per heavy atom. The van der Waals surface area contributed by atoms with Crippen molar-refractivity contribution in [1.82, 2.24) is 15.0 Å². The van der Waals surface area contributed by atoms with Crippen LogP contribution in [0.3, 0.4) is 0 Å². The van der Waals surface area contributed by atoms with Crippen molar-refractivity contribution in [2.45, 2.75) is 0 Å². The zero-order valence-electron chi connectivity index (χ0n) is 12.2. The standard InChI is InChI=1S/C12H22N6O3/c1-13-10-14-11(17(2-6-19)3-7-20)16-12(15-10)18-4-8-21-9-5-18/h19-20H,2-9H2,1H3,(H,13,14,15,16). The number of nitrogens with zero attached hydrogens (tertiary/aromatic N) is 5. The minimum atomic E-state index is -0.0343. The monoisotopic (exact) mass is 298 g/mol. The summed E-state index contributed by atoms with van der Waals surface area (Å²) in [5, 5.41) is 21.2. The molecule has 2 heterocycles. The molecule has 0 saturated carbocycles. The van der Waals surface area contributed by atoms with Crippen LogP contribution in [0.25, 0.3) is 0 Å². The number of morpholine rings is 1. The van der Waals surface area contributed by atoms with Gasteiger partial charge < -0.3 is 30.1 Å². The lowest BCUT2D eigenvalue weighted by molar-refractivity contribution is 0.122. The van der Waals surface area contributed by atoms with E-state index in [4.69, 9.17) is 14.9 Å². The highest BCUT2D eigenvalue weighted by Crippen LogP contribution is 2.17. The van der Waals surface area contributed by atoms with Crippen LogP contribution in [0.1, 0.15) is 0 Å². The fourth-order valence-corrected chi connectivity index (χ4v) is 2.07. The summed E-state index contributed by atoms with van der Waals surface area (Å²) in [6.45, 7) is 3.40. The van der Waals surface area contributed by atoms with Crippen LogP contribution >= 0.6 is 0 Å². The Morgan fingerprint density at radius 2 is 1.81 bits per heavy atom. The van der Waals surface area contributed by atoms with Crippen molar-refractivity contribution in [3.63, 3.8) is 0 Å². The Kier molecular flexibility index (Phi) is 5.90. The number of nitrogens with one attached hydrogen (secondary N) is 1. The van der Waals surface area contributed by atoms with Gasteiger partial charge in [0.15, 0.2) is 0 Å². The molecule has 1 aliphatic rings. The first-order valence-corrected chi connectivity index (χ1v) is 7.01. The first kappa shape index (κ1) is 15.7. The minimum absolute atomic E-state index is 0.0343. The quantitative estimate of drug-likeness (QED) is 0.556. The van der Waals surface area contributed by atoms with E-state index in [1.165, 1.54) is 0 Å². The molecule has 0 bridgehead atoms. The first-order valence-electron chi connectivity index (χ1n) is 7.01. The van der Waals surface area contributed by atoms with Crippen LogP contribution in [0, 0.1) is 0 Å². The molecule has 0 atom stereocenters. The second kappa shape index (κ2) is 7.91. The molecule has 0 spiro atoms. The van der Waals surface area contributed by atoms with E-state index in [9.17, 15) is 0 Å². The molecule has 9 heteroatoms. The summed E-state index contributed by atoms with van der Waals surface area (Å²) in [6.07, 6.45) is 0. The summed E-state index contributed by atoms with van der Waals surface area (Å²) in [5.41, 5.74) is 0. The normalized spacial score (nSPS) is 15.1. The van der Waals surface area contributed by atoms with Crippen LogP contribution in [0.15, 0.2) is 0 Å². The van der Waals surface area contributed by atoms with Gasteiger partial charge in [-0.15, -0.1) is 0 Å². The predicted octanol–water partition coefficient (Wildman–Crippen LogP) is -1.46. The van der Waals surface area contributed by atoms with E-state index in [1.807, 2.05) is 4.90 Å². The van der Waals surface area contributed by atoms with Gasteiger partial charge >= 0.3 is 0 Å². The van der Waals surface area contributed by atoms with Gasteiger partial charge in [0.2, 0.25) is 17.8 Å². The summed E-state index contributed by atoms with van der Waals surface area (Å²) in [6, 6.07) is 0. The number of hydrogen-bond acceptors (Lipinski definition) is 9. The minimum Gasteiger partial charge on any atom is -0.395 e. The fraction of sp³-hybridized carbons (Fsp3) is 0.750.